The van der Waals surface area contributed by atoms with Gasteiger partial charge in [0.15, 0.2) is 0 Å². The van der Waals surface area contributed by atoms with Crippen LogP contribution in [0.4, 0.5) is 0 Å². The highest BCUT2D eigenvalue weighted by atomic mass is 16.5. The fraction of sp³-hybridized carbons (Fsp3) is 0.647. The molecule has 0 aliphatic heterocycles. The monoisotopic (exact) mass is 277 g/mol. The Hall–Kier alpha value is -1.06. The summed E-state index contributed by atoms with van der Waals surface area (Å²) in [5.74, 6) is 0.869. The van der Waals surface area contributed by atoms with Crippen molar-refractivity contribution in [1.29, 1.82) is 0 Å². The zero-order valence-electron chi connectivity index (χ0n) is 12.9. The van der Waals surface area contributed by atoms with E-state index in [1.165, 1.54) is 30.4 Å². The van der Waals surface area contributed by atoms with E-state index in [0.29, 0.717) is 6.04 Å². The molecule has 0 heterocycles. The van der Waals surface area contributed by atoms with Crippen LogP contribution in [0.2, 0.25) is 0 Å². The zero-order valence-corrected chi connectivity index (χ0v) is 12.9. The second kappa shape index (κ2) is 7.09. The lowest BCUT2D eigenvalue weighted by atomic mass is 9.87. The van der Waals surface area contributed by atoms with E-state index in [1.54, 1.807) is 6.92 Å². The molecule has 112 valence electrons. The average Bonchev–Trinajstić information content (AvgIpc) is 2.44. The molecular formula is C17H27NO2. The Labute approximate surface area is 122 Å². The molecule has 1 aliphatic rings. The van der Waals surface area contributed by atoms with Crippen molar-refractivity contribution >= 4 is 0 Å². The van der Waals surface area contributed by atoms with Crippen LogP contribution >= 0.6 is 0 Å². The first-order valence-electron chi connectivity index (χ1n) is 7.82. The number of aliphatic hydroxyl groups is 1. The van der Waals surface area contributed by atoms with Crippen molar-refractivity contribution in [2.24, 2.45) is 0 Å². The summed E-state index contributed by atoms with van der Waals surface area (Å²) in [5, 5.41) is 13.1. The van der Waals surface area contributed by atoms with Gasteiger partial charge in [-0.2, -0.15) is 0 Å². The van der Waals surface area contributed by atoms with Crippen LogP contribution in [-0.2, 0) is 6.42 Å². The summed E-state index contributed by atoms with van der Waals surface area (Å²) in [5.41, 5.74) is 2.81. The molecule has 0 fully saturated rings. The van der Waals surface area contributed by atoms with Crippen molar-refractivity contribution in [3.05, 3.63) is 29.3 Å². The molecule has 3 heteroatoms. The Balaban J connectivity index is 2.10. The average molecular weight is 277 g/mol. The normalized spacial score (nSPS) is 21.1. The Morgan fingerprint density at radius 2 is 2.20 bits per heavy atom. The Morgan fingerprint density at radius 3 is 2.90 bits per heavy atom. The van der Waals surface area contributed by atoms with Gasteiger partial charge in [0, 0.05) is 6.04 Å². The van der Waals surface area contributed by atoms with Gasteiger partial charge in [0.05, 0.1) is 6.10 Å². The molecule has 0 saturated heterocycles. The maximum atomic E-state index is 9.52. The highest BCUT2D eigenvalue weighted by Crippen LogP contribution is 2.32. The quantitative estimate of drug-likeness (QED) is 0.839. The number of aryl methyl sites for hydroxylation is 1. The first-order valence-corrected chi connectivity index (χ1v) is 7.82. The van der Waals surface area contributed by atoms with Crippen LogP contribution in [0, 0.1) is 0 Å². The van der Waals surface area contributed by atoms with Gasteiger partial charge in [-0.05, 0) is 69.3 Å². The van der Waals surface area contributed by atoms with E-state index in [9.17, 15) is 5.11 Å². The highest BCUT2D eigenvalue weighted by molar-refractivity contribution is 5.39. The van der Waals surface area contributed by atoms with Crippen LogP contribution in [0.15, 0.2) is 18.2 Å². The zero-order chi connectivity index (χ0) is 14.5. The third-order valence-electron chi connectivity index (χ3n) is 4.07. The van der Waals surface area contributed by atoms with E-state index in [-0.39, 0.29) is 6.10 Å². The molecular weight excluding hydrogens is 250 g/mol. The molecule has 0 radical (unpaired) electrons. The van der Waals surface area contributed by atoms with Gasteiger partial charge >= 0.3 is 0 Å². The summed E-state index contributed by atoms with van der Waals surface area (Å²) in [6, 6.07) is 6.85. The molecule has 0 amide bonds. The van der Waals surface area contributed by atoms with Crippen molar-refractivity contribution < 1.29 is 9.84 Å². The van der Waals surface area contributed by atoms with Gasteiger partial charge in [-0.25, -0.2) is 0 Å². The third-order valence-corrected chi connectivity index (χ3v) is 4.07. The lowest BCUT2D eigenvalue weighted by Crippen LogP contribution is -2.27. The van der Waals surface area contributed by atoms with E-state index in [0.717, 1.165) is 18.7 Å². The van der Waals surface area contributed by atoms with Gasteiger partial charge < -0.3 is 15.2 Å². The van der Waals surface area contributed by atoms with E-state index in [4.69, 9.17) is 4.74 Å². The molecule has 0 spiro atoms. The van der Waals surface area contributed by atoms with Gasteiger partial charge in [-0.3, -0.25) is 0 Å². The molecule has 3 atom stereocenters. The van der Waals surface area contributed by atoms with Crippen molar-refractivity contribution in [2.75, 3.05) is 6.54 Å². The molecule has 3 unspecified atom stereocenters. The summed E-state index contributed by atoms with van der Waals surface area (Å²) >= 11 is 0. The van der Waals surface area contributed by atoms with Gasteiger partial charge in [-0.1, -0.05) is 13.0 Å². The van der Waals surface area contributed by atoms with Gasteiger partial charge in [0.2, 0.25) is 0 Å². The van der Waals surface area contributed by atoms with Crippen LogP contribution in [-0.4, -0.2) is 23.9 Å². The standard InChI is InChI=1S/C17H27NO2/c1-4-10-18-17-7-5-6-14-11-15(8-9-16(14)17)20-13(3)12(2)19/h8-9,11-13,17-19H,4-7,10H2,1-3H3. The van der Waals surface area contributed by atoms with E-state index in [1.807, 2.05) is 13.0 Å². The van der Waals surface area contributed by atoms with Gasteiger partial charge in [0.25, 0.3) is 0 Å². The lowest BCUT2D eigenvalue weighted by Gasteiger charge is -2.27. The predicted octanol–water partition coefficient (Wildman–Crippen LogP) is 3.21. The topological polar surface area (TPSA) is 41.5 Å². The van der Waals surface area contributed by atoms with Crippen LogP contribution in [0.25, 0.3) is 0 Å². The third kappa shape index (κ3) is 3.74. The number of nitrogens with one attached hydrogen (secondary N) is 1. The number of rotatable bonds is 6. The largest absolute Gasteiger partial charge is 0.488 e. The molecule has 0 aromatic heterocycles. The van der Waals surface area contributed by atoms with Crippen LogP contribution in [0.5, 0.6) is 5.75 Å². The number of hydrogen-bond donors (Lipinski definition) is 2. The molecule has 2 rings (SSSR count). The number of benzene rings is 1. The first-order chi connectivity index (χ1) is 9.61. The van der Waals surface area contributed by atoms with Crippen molar-refractivity contribution in [1.82, 2.24) is 5.32 Å². The van der Waals surface area contributed by atoms with E-state index >= 15 is 0 Å². The Morgan fingerprint density at radius 1 is 1.40 bits per heavy atom. The molecule has 1 aromatic rings. The predicted molar refractivity (Wildman–Crippen MR) is 82.2 cm³/mol. The smallest absolute Gasteiger partial charge is 0.121 e. The number of hydrogen-bond acceptors (Lipinski definition) is 3. The number of fused-ring (bicyclic) bond motifs is 1. The van der Waals surface area contributed by atoms with Gasteiger partial charge in [-0.15, -0.1) is 0 Å². The lowest BCUT2D eigenvalue weighted by molar-refractivity contribution is 0.0603. The highest BCUT2D eigenvalue weighted by Gasteiger charge is 2.20. The molecule has 1 aromatic carbocycles. The minimum atomic E-state index is -0.454. The van der Waals surface area contributed by atoms with Crippen molar-refractivity contribution in [3.63, 3.8) is 0 Å². The molecule has 1 aliphatic carbocycles. The SMILES string of the molecule is CCCNC1CCCc2cc(OC(C)C(C)O)ccc21. The minimum Gasteiger partial charge on any atom is -0.488 e. The number of ether oxygens (including phenoxy) is 1. The molecule has 0 saturated carbocycles. The second-order valence-electron chi connectivity index (χ2n) is 5.82. The summed E-state index contributed by atoms with van der Waals surface area (Å²) in [6.45, 7) is 6.93. The minimum absolute atomic E-state index is 0.175. The van der Waals surface area contributed by atoms with Crippen molar-refractivity contribution in [2.45, 2.75) is 64.7 Å². The van der Waals surface area contributed by atoms with Crippen LogP contribution < -0.4 is 10.1 Å². The summed E-state index contributed by atoms with van der Waals surface area (Å²) in [7, 11) is 0. The Bertz CT molecular complexity index is 431. The van der Waals surface area contributed by atoms with Gasteiger partial charge in [0.1, 0.15) is 11.9 Å². The van der Waals surface area contributed by atoms with E-state index < -0.39 is 6.10 Å². The van der Waals surface area contributed by atoms with E-state index in [2.05, 4.69) is 24.4 Å². The fourth-order valence-electron chi connectivity index (χ4n) is 2.71. The fourth-order valence-corrected chi connectivity index (χ4v) is 2.71. The molecule has 0 bridgehead atoms. The molecule has 3 nitrogen and oxygen atoms in total. The first kappa shape index (κ1) is 15.3. The van der Waals surface area contributed by atoms with Crippen LogP contribution in [0.1, 0.15) is 57.2 Å². The number of aliphatic hydroxyl groups excluding tert-OH is 1. The molecule has 2 N–H and O–H groups in total. The second-order valence-corrected chi connectivity index (χ2v) is 5.82. The molecule has 20 heavy (non-hydrogen) atoms. The van der Waals surface area contributed by atoms with Crippen molar-refractivity contribution in [3.8, 4) is 5.75 Å². The Kier molecular flexibility index (Phi) is 5.44. The van der Waals surface area contributed by atoms with Crippen LogP contribution in [0.3, 0.4) is 0 Å². The summed E-state index contributed by atoms with van der Waals surface area (Å²) < 4.78 is 5.79. The maximum absolute atomic E-state index is 9.52. The maximum Gasteiger partial charge on any atom is 0.121 e. The summed E-state index contributed by atoms with van der Waals surface area (Å²) in [4.78, 5) is 0. The summed E-state index contributed by atoms with van der Waals surface area (Å²) in [6.07, 6.45) is 4.11.